The van der Waals surface area contributed by atoms with Crippen molar-refractivity contribution in [1.82, 2.24) is 0 Å². The lowest BCUT2D eigenvalue weighted by Gasteiger charge is -2.31. The fraction of sp³-hybridized carbons (Fsp3) is 0.618. The first-order valence-corrected chi connectivity index (χ1v) is 24.4. The SMILES string of the molecule is CC/C=C/C/C=C/C/C=C/C/C=C/C/C=C/C/C=C/CCCCCC(=O)OC(COCCC(C(=O)O)[N+](C)(C)C)COC(=O)CCC/C=C/C/C=C/C/C=C/CCCCCCCC. The number of ether oxygens (including phenoxy) is 3. The number of quaternary nitrogens is 1. The minimum absolute atomic E-state index is 0.0242. The second kappa shape index (κ2) is 44.6. The fourth-order valence-corrected chi connectivity index (χ4v) is 6.40. The number of carbonyl (C=O) groups is 3. The van der Waals surface area contributed by atoms with Crippen LogP contribution in [-0.4, -0.2) is 80.6 Å². The lowest BCUT2D eigenvalue weighted by Crippen LogP contribution is -2.50. The number of aliphatic carboxylic acids is 1. The number of esters is 2. The highest BCUT2D eigenvalue weighted by Gasteiger charge is 2.31. The van der Waals surface area contributed by atoms with E-state index in [0.717, 1.165) is 77.0 Å². The largest absolute Gasteiger partial charge is 0.477 e. The number of likely N-dealkylation sites (N-methyl/N-ethyl adjacent to an activating group) is 1. The van der Waals surface area contributed by atoms with E-state index in [1.807, 2.05) is 21.1 Å². The highest BCUT2D eigenvalue weighted by atomic mass is 16.6. The van der Waals surface area contributed by atoms with Crippen LogP contribution in [-0.2, 0) is 28.6 Å². The van der Waals surface area contributed by atoms with E-state index >= 15 is 0 Å². The molecule has 0 saturated carbocycles. The van der Waals surface area contributed by atoms with Crippen molar-refractivity contribution in [2.75, 3.05) is 41.0 Å². The smallest absolute Gasteiger partial charge is 0.362 e. The molecule has 63 heavy (non-hydrogen) atoms. The Bertz CT molecular complexity index is 1390. The Morgan fingerprint density at radius 2 is 0.905 bits per heavy atom. The molecule has 0 aliphatic carbocycles. The minimum Gasteiger partial charge on any atom is -0.477 e. The van der Waals surface area contributed by atoms with Gasteiger partial charge in [0.2, 0.25) is 0 Å². The first-order valence-electron chi connectivity index (χ1n) is 24.4. The van der Waals surface area contributed by atoms with E-state index in [0.29, 0.717) is 19.3 Å². The number of nitrogens with zero attached hydrogens (tertiary/aromatic N) is 1. The molecule has 0 aliphatic heterocycles. The van der Waals surface area contributed by atoms with Gasteiger partial charge in [-0.15, -0.1) is 0 Å². The van der Waals surface area contributed by atoms with Gasteiger partial charge in [0.15, 0.2) is 12.1 Å². The molecule has 0 fully saturated rings. The van der Waals surface area contributed by atoms with Gasteiger partial charge in [-0.3, -0.25) is 9.59 Å². The van der Waals surface area contributed by atoms with Crippen molar-refractivity contribution in [2.24, 2.45) is 0 Å². The predicted octanol–water partition coefficient (Wildman–Crippen LogP) is 14.0. The number of carbonyl (C=O) groups excluding carboxylic acids is 2. The molecule has 0 amide bonds. The van der Waals surface area contributed by atoms with Crippen LogP contribution in [0.25, 0.3) is 0 Å². The monoisotopic (exact) mass is 877 g/mol. The second-order valence-corrected chi connectivity index (χ2v) is 17.0. The zero-order chi connectivity index (χ0) is 46.3. The highest BCUT2D eigenvalue weighted by Crippen LogP contribution is 2.12. The zero-order valence-electron chi connectivity index (χ0n) is 40.5. The fourth-order valence-electron chi connectivity index (χ4n) is 6.40. The molecule has 1 N–H and O–H groups in total. The summed E-state index contributed by atoms with van der Waals surface area (Å²) in [6.45, 7) is 4.51. The molecule has 0 bridgehead atoms. The number of carboxylic acid groups (broad SMARTS) is 1. The lowest BCUT2D eigenvalue weighted by atomic mass is 10.1. The van der Waals surface area contributed by atoms with Gasteiger partial charge in [0.1, 0.15) is 6.61 Å². The van der Waals surface area contributed by atoms with Crippen molar-refractivity contribution in [1.29, 1.82) is 0 Å². The Morgan fingerprint density at radius 1 is 0.492 bits per heavy atom. The quantitative estimate of drug-likeness (QED) is 0.0282. The van der Waals surface area contributed by atoms with Crippen molar-refractivity contribution in [3.05, 3.63) is 109 Å². The van der Waals surface area contributed by atoms with Gasteiger partial charge in [0.05, 0.1) is 34.4 Å². The number of carboxylic acids is 1. The van der Waals surface area contributed by atoms with Gasteiger partial charge in [-0.05, 0) is 96.3 Å². The maximum Gasteiger partial charge on any atom is 0.362 e. The molecule has 2 unspecified atom stereocenters. The molecule has 356 valence electrons. The van der Waals surface area contributed by atoms with Gasteiger partial charge < -0.3 is 23.8 Å². The third-order valence-electron chi connectivity index (χ3n) is 10.2. The van der Waals surface area contributed by atoms with Crippen LogP contribution in [0.4, 0.5) is 0 Å². The summed E-state index contributed by atoms with van der Waals surface area (Å²) < 4.78 is 17.2. The van der Waals surface area contributed by atoms with Crippen LogP contribution in [0.5, 0.6) is 0 Å². The normalized spacial score (nSPS) is 13.9. The standard InChI is InChI=1S/C55H89NO7/c1-6-8-10-12-14-16-18-20-22-24-25-26-27-28-30-32-34-36-38-40-42-44-46-54(58)63-51(49-61-48-47-52(55(59)60)56(3,4)5)50-62-53(57)45-43-41-39-37-35-33-31-29-23-21-19-17-15-13-11-9-7-2/h8,10,14,16,20-23,25-26,28,30-31,33-34,36-37,39,51-52H,6-7,9,11-13,15,17-19,24,27,29,32,35,38,40-50H2,1-5H3/p+1/b10-8+,16-14+,22-20+,23-21+,26-25+,30-28+,33-31+,36-34+,39-37+. The van der Waals surface area contributed by atoms with Crippen LogP contribution in [0.2, 0.25) is 0 Å². The van der Waals surface area contributed by atoms with E-state index in [4.69, 9.17) is 14.2 Å². The Morgan fingerprint density at radius 3 is 1.37 bits per heavy atom. The average Bonchev–Trinajstić information content (AvgIpc) is 3.24. The van der Waals surface area contributed by atoms with E-state index in [9.17, 15) is 19.5 Å². The molecule has 0 aromatic carbocycles. The third kappa shape index (κ3) is 43.0. The third-order valence-corrected chi connectivity index (χ3v) is 10.2. The summed E-state index contributed by atoms with van der Waals surface area (Å²) in [5.74, 6) is -1.59. The van der Waals surface area contributed by atoms with Crippen molar-refractivity contribution in [2.45, 2.75) is 180 Å². The first kappa shape index (κ1) is 59.0. The van der Waals surface area contributed by atoms with Crippen LogP contribution in [0.3, 0.4) is 0 Å². The Balaban J connectivity index is 4.46. The molecule has 0 heterocycles. The maximum atomic E-state index is 12.8. The summed E-state index contributed by atoms with van der Waals surface area (Å²) in [6, 6.07) is -0.636. The summed E-state index contributed by atoms with van der Waals surface area (Å²) >= 11 is 0. The van der Waals surface area contributed by atoms with E-state index in [1.54, 1.807) is 0 Å². The first-order chi connectivity index (χ1) is 30.6. The van der Waals surface area contributed by atoms with Crippen LogP contribution in [0, 0.1) is 0 Å². The summed E-state index contributed by atoms with van der Waals surface area (Å²) in [5.41, 5.74) is 0. The number of hydrogen-bond donors (Lipinski definition) is 1. The molecule has 0 rings (SSSR count). The van der Waals surface area contributed by atoms with Crippen LogP contribution >= 0.6 is 0 Å². The lowest BCUT2D eigenvalue weighted by molar-refractivity contribution is -0.887. The van der Waals surface area contributed by atoms with Crippen molar-refractivity contribution < 1.29 is 38.2 Å². The molecule has 0 aromatic heterocycles. The number of rotatable bonds is 42. The molecule has 2 atom stereocenters. The van der Waals surface area contributed by atoms with Gasteiger partial charge in [-0.1, -0.05) is 162 Å². The van der Waals surface area contributed by atoms with Crippen LogP contribution in [0.15, 0.2) is 109 Å². The maximum absolute atomic E-state index is 12.8. The predicted molar refractivity (Wildman–Crippen MR) is 266 cm³/mol. The molecule has 0 spiro atoms. The van der Waals surface area contributed by atoms with E-state index < -0.39 is 18.1 Å². The van der Waals surface area contributed by atoms with E-state index in [1.165, 1.54) is 44.9 Å². The summed E-state index contributed by atoms with van der Waals surface area (Å²) in [4.78, 5) is 37.1. The zero-order valence-corrected chi connectivity index (χ0v) is 40.5. The number of unbranched alkanes of at least 4 members (excludes halogenated alkanes) is 10. The molecule has 0 aromatic rings. The Hall–Kier alpha value is -4.01. The van der Waals surface area contributed by atoms with Gasteiger partial charge in [-0.2, -0.15) is 0 Å². The number of allylic oxidation sites excluding steroid dienone is 18. The molecule has 0 saturated heterocycles. The molecular formula is C55H90NO7+. The van der Waals surface area contributed by atoms with Gasteiger partial charge >= 0.3 is 17.9 Å². The molecule has 8 nitrogen and oxygen atoms in total. The van der Waals surface area contributed by atoms with Crippen LogP contribution in [0.1, 0.15) is 168 Å². The number of hydrogen-bond acceptors (Lipinski definition) is 6. The summed E-state index contributed by atoms with van der Waals surface area (Å²) in [6.07, 6.45) is 61.4. The topological polar surface area (TPSA) is 99.1 Å². The average molecular weight is 877 g/mol. The Labute approximate surface area is 385 Å². The Kier molecular flexibility index (Phi) is 41.8. The summed E-state index contributed by atoms with van der Waals surface area (Å²) in [5, 5.41) is 9.64. The van der Waals surface area contributed by atoms with Crippen molar-refractivity contribution >= 4 is 17.9 Å². The van der Waals surface area contributed by atoms with Gasteiger partial charge in [0, 0.05) is 19.3 Å². The molecule has 0 aliphatic rings. The van der Waals surface area contributed by atoms with Crippen molar-refractivity contribution in [3.63, 3.8) is 0 Å². The highest BCUT2D eigenvalue weighted by molar-refractivity contribution is 5.72. The van der Waals surface area contributed by atoms with Gasteiger partial charge in [0.25, 0.3) is 0 Å². The van der Waals surface area contributed by atoms with E-state index in [-0.39, 0.29) is 49.1 Å². The second-order valence-electron chi connectivity index (χ2n) is 17.0. The van der Waals surface area contributed by atoms with Gasteiger partial charge in [-0.25, -0.2) is 4.79 Å². The van der Waals surface area contributed by atoms with Crippen LogP contribution < -0.4 is 0 Å². The molecule has 0 radical (unpaired) electrons. The molecule has 8 heteroatoms. The van der Waals surface area contributed by atoms with Crippen molar-refractivity contribution in [3.8, 4) is 0 Å². The molecular weight excluding hydrogens is 787 g/mol. The van der Waals surface area contributed by atoms with E-state index in [2.05, 4.69) is 123 Å². The minimum atomic E-state index is -0.892. The summed E-state index contributed by atoms with van der Waals surface area (Å²) in [7, 11) is 5.49.